The molecule has 1 aromatic carbocycles. The lowest BCUT2D eigenvalue weighted by atomic mass is 9.81. The van der Waals surface area contributed by atoms with Crippen LogP contribution in [-0.4, -0.2) is 33.0 Å². The van der Waals surface area contributed by atoms with Crippen LogP contribution in [0.4, 0.5) is 8.78 Å². The number of halogens is 2. The van der Waals surface area contributed by atoms with Gasteiger partial charge in [-0.05, 0) is 30.2 Å². The van der Waals surface area contributed by atoms with E-state index in [1.807, 2.05) is 0 Å². The molecule has 0 unspecified atom stereocenters. The summed E-state index contributed by atoms with van der Waals surface area (Å²) in [5, 5.41) is 2.58. The summed E-state index contributed by atoms with van der Waals surface area (Å²) in [6.07, 6.45) is 0.694. The monoisotopic (exact) mass is 303 g/mol. The zero-order chi connectivity index (χ0) is 15.0. The first-order valence-corrected chi connectivity index (χ1v) is 8.03. The van der Waals surface area contributed by atoms with E-state index in [4.69, 9.17) is 0 Å². The van der Waals surface area contributed by atoms with Crippen molar-refractivity contribution in [2.45, 2.75) is 23.7 Å². The van der Waals surface area contributed by atoms with Crippen LogP contribution < -0.4 is 5.32 Å². The van der Waals surface area contributed by atoms with E-state index in [1.165, 1.54) is 24.3 Å². The van der Waals surface area contributed by atoms with Gasteiger partial charge in [0.15, 0.2) is 9.84 Å². The smallest absolute Gasteiger partial charge is 0.251 e. The second-order valence-corrected chi connectivity index (χ2v) is 7.15. The van der Waals surface area contributed by atoms with Crippen LogP contribution >= 0.6 is 0 Å². The number of carbonyl (C=O) groups is 1. The SMILES string of the molecule is CS(=O)(=O)c1ccc(C(=O)NCC2CC(F)(F)C2)cc1. The summed E-state index contributed by atoms with van der Waals surface area (Å²) in [6, 6.07) is 5.51. The molecule has 0 aromatic heterocycles. The van der Waals surface area contributed by atoms with Gasteiger partial charge < -0.3 is 5.32 Å². The van der Waals surface area contributed by atoms with Gasteiger partial charge in [-0.3, -0.25) is 4.79 Å². The third kappa shape index (κ3) is 3.53. The lowest BCUT2D eigenvalue weighted by Crippen LogP contribution is -2.42. The molecule has 1 saturated carbocycles. The van der Waals surface area contributed by atoms with Crippen molar-refractivity contribution >= 4 is 15.7 Å². The molecule has 1 aromatic rings. The van der Waals surface area contributed by atoms with Gasteiger partial charge in [-0.25, -0.2) is 17.2 Å². The second kappa shape index (κ2) is 5.12. The summed E-state index contributed by atoms with van der Waals surface area (Å²) in [5.41, 5.74) is 0.309. The molecule has 110 valence electrons. The first-order chi connectivity index (χ1) is 9.17. The summed E-state index contributed by atoms with van der Waals surface area (Å²) < 4.78 is 47.8. The zero-order valence-electron chi connectivity index (χ0n) is 10.9. The molecule has 7 heteroatoms. The molecule has 1 aliphatic carbocycles. The molecule has 2 rings (SSSR count). The number of rotatable bonds is 4. The average Bonchev–Trinajstić information content (AvgIpc) is 2.32. The van der Waals surface area contributed by atoms with Gasteiger partial charge in [0.25, 0.3) is 5.91 Å². The van der Waals surface area contributed by atoms with Crippen molar-refractivity contribution in [3.8, 4) is 0 Å². The van der Waals surface area contributed by atoms with Crippen LogP contribution in [-0.2, 0) is 9.84 Å². The molecule has 0 atom stereocenters. The molecule has 4 nitrogen and oxygen atoms in total. The highest BCUT2D eigenvalue weighted by Crippen LogP contribution is 2.41. The van der Waals surface area contributed by atoms with Crippen LogP contribution in [0.25, 0.3) is 0 Å². The van der Waals surface area contributed by atoms with E-state index in [0.717, 1.165) is 6.26 Å². The maximum atomic E-state index is 12.6. The van der Waals surface area contributed by atoms with E-state index < -0.39 is 15.8 Å². The van der Waals surface area contributed by atoms with Crippen LogP contribution in [0.5, 0.6) is 0 Å². The van der Waals surface area contributed by atoms with Crippen LogP contribution in [0.15, 0.2) is 29.2 Å². The largest absolute Gasteiger partial charge is 0.352 e. The Morgan fingerprint density at radius 2 is 1.85 bits per heavy atom. The van der Waals surface area contributed by atoms with Crippen molar-refractivity contribution in [1.29, 1.82) is 0 Å². The number of alkyl halides is 2. The van der Waals surface area contributed by atoms with Crippen LogP contribution in [0.2, 0.25) is 0 Å². The van der Waals surface area contributed by atoms with Crippen molar-refractivity contribution in [3.05, 3.63) is 29.8 Å². The Morgan fingerprint density at radius 1 is 1.30 bits per heavy atom. The molecule has 0 aliphatic heterocycles. The molecule has 0 radical (unpaired) electrons. The van der Waals surface area contributed by atoms with E-state index >= 15 is 0 Å². The molecular formula is C13H15F2NO3S. The second-order valence-electron chi connectivity index (χ2n) is 5.14. The topological polar surface area (TPSA) is 63.2 Å². The van der Waals surface area contributed by atoms with Crippen LogP contribution in [0.3, 0.4) is 0 Å². The van der Waals surface area contributed by atoms with E-state index in [2.05, 4.69) is 5.32 Å². The number of carbonyl (C=O) groups excluding carboxylic acids is 1. The van der Waals surface area contributed by atoms with Crippen LogP contribution in [0, 0.1) is 5.92 Å². The molecule has 1 aliphatic rings. The van der Waals surface area contributed by atoms with Gasteiger partial charge in [0.05, 0.1) is 4.90 Å². The minimum atomic E-state index is -3.29. The maximum Gasteiger partial charge on any atom is 0.251 e. The van der Waals surface area contributed by atoms with Gasteiger partial charge in [-0.15, -0.1) is 0 Å². The number of sulfone groups is 1. The summed E-state index contributed by atoms with van der Waals surface area (Å²) >= 11 is 0. The van der Waals surface area contributed by atoms with Gasteiger partial charge in [0.1, 0.15) is 0 Å². The lowest BCUT2D eigenvalue weighted by Gasteiger charge is -2.34. The van der Waals surface area contributed by atoms with E-state index in [0.29, 0.717) is 5.56 Å². The normalized spacial score (nSPS) is 18.4. The summed E-state index contributed by atoms with van der Waals surface area (Å²) in [4.78, 5) is 11.9. The first-order valence-electron chi connectivity index (χ1n) is 6.13. The Bertz CT molecular complexity index is 603. The summed E-state index contributed by atoms with van der Waals surface area (Å²) in [6.45, 7) is 0.211. The predicted molar refractivity (Wildman–Crippen MR) is 69.6 cm³/mol. The fourth-order valence-corrected chi connectivity index (χ4v) is 2.75. The van der Waals surface area contributed by atoms with Crippen LogP contribution in [0.1, 0.15) is 23.2 Å². The Morgan fingerprint density at radius 3 is 2.30 bits per heavy atom. The molecule has 1 N–H and O–H groups in total. The molecule has 0 heterocycles. The van der Waals surface area contributed by atoms with E-state index in [-0.39, 0.29) is 36.1 Å². The lowest BCUT2D eigenvalue weighted by molar-refractivity contribution is -0.108. The molecule has 20 heavy (non-hydrogen) atoms. The average molecular weight is 303 g/mol. The number of benzene rings is 1. The number of amides is 1. The minimum Gasteiger partial charge on any atom is -0.352 e. The quantitative estimate of drug-likeness (QED) is 0.923. The number of hydrogen-bond donors (Lipinski definition) is 1. The van der Waals surface area contributed by atoms with Gasteiger partial charge in [-0.2, -0.15) is 0 Å². The molecule has 1 amide bonds. The van der Waals surface area contributed by atoms with Crippen molar-refractivity contribution in [2.24, 2.45) is 5.92 Å². The van der Waals surface area contributed by atoms with E-state index in [1.54, 1.807) is 0 Å². The molecule has 0 saturated heterocycles. The highest BCUT2D eigenvalue weighted by atomic mass is 32.2. The Balaban J connectivity index is 1.90. The first kappa shape index (κ1) is 14.9. The number of hydrogen-bond acceptors (Lipinski definition) is 3. The van der Waals surface area contributed by atoms with Crippen molar-refractivity contribution in [2.75, 3.05) is 12.8 Å². The third-order valence-electron chi connectivity index (χ3n) is 3.27. The van der Waals surface area contributed by atoms with Gasteiger partial charge in [-0.1, -0.05) is 0 Å². The highest BCUT2D eigenvalue weighted by Gasteiger charge is 2.44. The van der Waals surface area contributed by atoms with Gasteiger partial charge in [0.2, 0.25) is 5.92 Å². The molecule has 0 bridgehead atoms. The predicted octanol–water partition coefficient (Wildman–Crippen LogP) is 1.87. The fourth-order valence-electron chi connectivity index (χ4n) is 2.12. The molecule has 1 fully saturated rings. The standard InChI is InChI=1S/C13H15F2NO3S/c1-20(18,19)11-4-2-10(3-5-11)12(17)16-8-9-6-13(14,15)7-9/h2-5,9H,6-8H2,1H3,(H,16,17). The fraction of sp³-hybridized carbons (Fsp3) is 0.462. The molecule has 0 spiro atoms. The summed E-state index contributed by atoms with van der Waals surface area (Å²) in [7, 11) is -3.29. The van der Waals surface area contributed by atoms with Crippen molar-refractivity contribution in [1.82, 2.24) is 5.32 Å². The highest BCUT2D eigenvalue weighted by molar-refractivity contribution is 7.90. The zero-order valence-corrected chi connectivity index (χ0v) is 11.7. The minimum absolute atomic E-state index is 0.132. The van der Waals surface area contributed by atoms with Crippen molar-refractivity contribution in [3.63, 3.8) is 0 Å². The van der Waals surface area contributed by atoms with E-state index in [9.17, 15) is 22.0 Å². The third-order valence-corrected chi connectivity index (χ3v) is 4.40. The Labute approximate surface area is 116 Å². The maximum absolute atomic E-state index is 12.6. The molecular weight excluding hydrogens is 288 g/mol. The Hall–Kier alpha value is -1.50. The number of nitrogens with one attached hydrogen (secondary N) is 1. The van der Waals surface area contributed by atoms with Gasteiger partial charge >= 0.3 is 0 Å². The summed E-state index contributed by atoms with van der Waals surface area (Å²) in [5.74, 6) is -3.17. The van der Waals surface area contributed by atoms with Crippen molar-refractivity contribution < 1.29 is 22.0 Å². The van der Waals surface area contributed by atoms with Gasteiger partial charge in [0, 0.05) is 31.2 Å². The Kier molecular flexibility index (Phi) is 3.82.